The maximum atomic E-state index is 12.9. The van der Waals surface area contributed by atoms with Crippen LogP contribution in [-0.2, 0) is 11.3 Å². The number of aromatic nitrogens is 2. The van der Waals surface area contributed by atoms with Crippen molar-refractivity contribution in [2.45, 2.75) is 40.2 Å². The summed E-state index contributed by atoms with van der Waals surface area (Å²) >= 11 is 0. The van der Waals surface area contributed by atoms with E-state index in [-0.39, 0.29) is 39.8 Å². The first-order valence-electron chi connectivity index (χ1n) is 8.18. The minimum absolute atomic E-state index is 0.161. The smallest absolute Gasteiger partial charge is 0.265 e. The highest BCUT2D eigenvalue weighted by molar-refractivity contribution is 6.06. The molecule has 24 heavy (non-hydrogen) atoms. The van der Waals surface area contributed by atoms with Crippen molar-refractivity contribution in [2.24, 2.45) is 5.92 Å². The van der Waals surface area contributed by atoms with Gasteiger partial charge in [0.15, 0.2) is 0 Å². The topological polar surface area (TPSA) is 85.4 Å². The second-order valence-corrected chi connectivity index (χ2v) is 6.64. The molecule has 0 spiro atoms. The lowest BCUT2D eigenvalue weighted by atomic mass is 10.1. The van der Waals surface area contributed by atoms with Crippen molar-refractivity contribution in [2.75, 3.05) is 13.1 Å². The van der Waals surface area contributed by atoms with E-state index in [9.17, 15) is 14.4 Å². The molecule has 0 aromatic carbocycles. The number of aryl methyl sites for hydroxylation is 1. The number of hydrogen-bond donors (Lipinski definition) is 0. The van der Waals surface area contributed by atoms with Crippen LogP contribution in [0, 0.1) is 12.8 Å². The molecule has 0 atom stereocenters. The summed E-state index contributed by atoms with van der Waals surface area (Å²) in [6.07, 6.45) is 2.17. The fourth-order valence-electron chi connectivity index (χ4n) is 3.04. The molecule has 2 aromatic heterocycles. The SMILES string of the molecule is Cc1oc2ncn(CC(C)C)c(=O)c2c1C(=O)N1CCC(=O)CC1. The molecule has 7 nitrogen and oxygen atoms in total. The van der Waals surface area contributed by atoms with Crippen LogP contribution in [0.15, 0.2) is 15.5 Å². The molecule has 1 fully saturated rings. The van der Waals surface area contributed by atoms with E-state index in [0.29, 0.717) is 38.2 Å². The Balaban J connectivity index is 2.06. The van der Waals surface area contributed by atoms with E-state index in [4.69, 9.17) is 4.42 Å². The van der Waals surface area contributed by atoms with Gasteiger partial charge in [0.25, 0.3) is 11.5 Å². The van der Waals surface area contributed by atoms with E-state index in [1.807, 2.05) is 13.8 Å². The zero-order chi connectivity index (χ0) is 17.4. The molecule has 0 N–H and O–H groups in total. The van der Waals surface area contributed by atoms with Gasteiger partial charge in [0.2, 0.25) is 5.71 Å². The third kappa shape index (κ3) is 2.86. The zero-order valence-corrected chi connectivity index (χ0v) is 14.2. The maximum absolute atomic E-state index is 12.9. The van der Waals surface area contributed by atoms with Gasteiger partial charge in [0, 0.05) is 32.5 Å². The molecule has 0 saturated carbocycles. The van der Waals surface area contributed by atoms with Gasteiger partial charge >= 0.3 is 0 Å². The predicted octanol–water partition coefficient (Wildman–Crippen LogP) is 1.76. The maximum Gasteiger partial charge on any atom is 0.265 e. The van der Waals surface area contributed by atoms with Crippen molar-refractivity contribution in [3.05, 3.63) is 28.0 Å². The molecule has 2 aromatic rings. The van der Waals surface area contributed by atoms with Crippen LogP contribution < -0.4 is 5.56 Å². The standard InChI is InChI=1S/C17H21N3O4/c1-10(2)8-20-9-18-15-14(17(20)23)13(11(3)24-15)16(22)19-6-4-12(21)5-7-19/h9-10H,4-8H2,1-3H3. The molecule has 0 aliphatic carbocycles. The van der Waals surface area contributed by atoms with Crippen molar-refractivity contribution in [1.82, 2.24) is 14.5 Å². The Morgan fingerprint density at radius 3 is 2.58 bits per heavy atom. The van der Waals surface area contributed by atoms with Crippen LogP contribution in [0.3, 0.4) is 0 Å². The molecule has 0 bridgehead atoms. The van der Waals surface area contributed by atoms with E-state index < -0.39 is 0 Å². The van der Waals surface area contributed by atoms with Crippen molar-refractivity contribution in [1.29, 1.82) is 0 Å². The first-order chi connectivity index (χ1) is 11.4. The second-order valence-electron chi connectivity index (χ2n) is 6.64. The van der Waals surface area contributed by atoms with E-state index in [0.717, 1.165) is 0 Å². The van der Waals surface area contributed by atoms with Crippen LogP contribution in [-0.4, -0.2) is 39.2 Å². The molecule has 0 radical (unpaired) electrons. The number of rotatable bonds is 3. The monoisotopic (exact) mass is 331 g/mol. The van der Waals surface area contributed by atoms with E-state index in [1.54, 1.807) is 11.8 Å². The summed E-state index contributed by atoms with van der Waals surface area (Å²) < 4.78 is 7.05. The highest BCUT2D eigenvalue weighted by Gasteiger charge is 2.28. The van der Waals surface area contributed by atoms with Crippen LogP contribution in [0.5, 0.6) is 0 Å². The summed E-state index contributed by atoms with van der Waals surface area (Å²) in [5.41, 5.74) is 0.200. The van der Waals surface area contributed by atoms with Gasteiger partial charge in [0.05, 0.1) is 5.56 Å². The summed E-state index contributed by atoms with van der Waals surface area (Å²) in [5.74, 6) is 0.565. The quantitative estimate of drug-likeness (QED) is 0.855. The van der Waals surface area contributed by atoms with Crippen LogP contribution >= 0.6 is 0 Å². The zero-order valence-electron chi connectivity index (χ0n) is 14.2. The van der Waals surface area contributed by atoms with Gasteiger partial charge in [-0.1, -0.05) is 13.8 Å². The summed E-state index contributed by atoms with van der Waals surface area (Å²) in [7, 11) is 0. The Labute approximate surface area is 139 Å². The number of piperidine rings is 1. The van der Waals surface area contributed by atoms with Gasteiger partial charge in [0.1, 0.15) is 23.3 Å². The van der Waals surface area contributed by atoms with E-state index in [2.05, 4.69) is 4.98 Å². The number of furan rings is 1. The Hall–Kier alpha value is -2.44. The second kappa shape index (κ2) is 6.22. The van der Waals surface area contributed by atoms with Crippen molar-refractivity contribution < 1.29 is 14.0 Å². The van der Waals surface area contributed by atoms with E-state index in [1.165, 1.54) is 10.9 Å². The fraction of sp³-hybridized carbons (Fsp3) is 0.529. The Kier molecular flexibility index (Phi) is 4.26. The average Bonchev–Trinajstić information content (AvgIpc) is 2.87. The lowest BCUT2D eigenvalue weighted by molar-refractivity contribution is -0.120. The van der Waals surface area contributed by atoms with Crippen LogP contribution in [0.2, 0.25) is 0 Å². The molecule has 1 aliphatic heterocycles. The number of Topliss-reactive ketones (excluding diaryl/α,β-unsaturated/α-hetero) is 1. The largest absolute Gasteiger partial charge is 0.442 e. The number of carbonyl (C=O) groups excluding carboxylic acids is 2. The van der Waals surface area contributed by atoms with Crippen molar-refractivity contribution >= 4 is 22.8 Å². The number of fused-ring (bicyclic) bond motifs is 1. The number of likely N-dealkylation sites (tertiary alicyclic amines) is 1. The lowest BCUT2D eigenvalue weighted by Gasteiger charge is -2.25. The molecule has 128 valence electrons. The molecular formula is C17H21N3O4. The highest BCUT2D eigenvalue weighted by Crippen LogP contribution is 2.23. The highest BCUT2D eigenvalue weighted by atomic mass is 16.3. The summed E-state index contributed by atoms with van der Waals surface area (Å²) in [4.78, 5) is 42.8. The molecule has 7 heteroatoms. The first-order valence-corrected chi connectivity index (χ1v) is 8.18. The molecule has 3 rings (SSSR count). The fourth-order valence-corrected chi connectivity index (χ4v) is 3.04. The van der Waals surface area contributed by atoms with E-state index >= 15 is 0 Å². The number of nitrogens with zero attached hydrogens (tertiary/aromatic N) is 3. The lowest BCUT2D eigenvalue weighted by Crippen LogP contribution is -2.39. The van der Waals surface area contributed by atoms with Crippen molar-refractivity contribution in [3.8, 4) is 0 Å². The van der Waals surface area contributed by atoms with Crippen molar-refractivity contribution in [3.63, 3.8) is 0 Å². The van der Waals surface area contributed by atoms with Gasteiger partial charge in [-0.15, -0.1) is 0 Å². The number of carbonyl (C=O) groups is 2. The van der Waals surface area contributed by atoms with Gasteiger partial charge in [-0.3, -0.25) is 19.0 Å². The van der Waals surface area contributed by atoms with Gasteiger partial charge in [-0.2, -0.15) is 0 Å². The third-order valence-corrected chi connectivity index (χ3v) is 4.24. The Morgan fingerprint density at radius 1 is 1.29 bits per heavy atom. The van der Waals surface area contributed by atoms with Crippen LogP contribution in [0.4, 0.5) is 0 Å². The number of amides is 1. The minimum Gasteiger partial charge on any atom is -0.442 e. The summed E-state index contributed by atoms with van der Waals surface area (Å²) in [6.45, 7) is 6.96. The van der Waals surface area contributed by atoms with Gasteiger partial charge < -0.3 is 9.32 Å². The van der Waals surface area contributed by atoms with Gasteiger partial charge in [-0.25, -0.2) is 4.98 Å². The summed E-state index contributed by atoms with van der Waals surface area (Å²) in [6, 6.07) is 0. The minimum atomic E-state index is -0.264. The third-order valence-electron chi connectivity index (χ3n) is 4.24. The summed E-state index contributed by atoms with van der Waals surface area (Å²) in [5, 5.41) is 0.234. The Morgan fingerprint density at radius 2 is 1.96 bits per heavy atom. The predicted molar refractivity (Wildman–Crippen MR) is 88.0 cm³/mol. The average molecular weight is 331 g/mol. The molecule has 1 amide bonds. The first kappa shape index (κ1) is 16.4. The molecular weight excluding hydrogens is 310 g/mol. The molecule has 3 heterocycles. The van der Waals surface area contributed by atoms with Gasteiger partial charge in [-0.05, 0) is 12.8 Å². The number of hydrogen-bond acceptors (Lipinski definition) is 5. The Bertz CT molecular complexity index is 853. The molecule has 1 aliphatic rings. The number of ketones is 1. The molecule has 0 unspecified atom stereocenters. The molecule has 1 saturated heterocycles. The normalized spacial score (nSPS) is 15.5. The van der Waals surface area contributed by atoms with Crippen LogP contribution in [0.1, 0.15) is 42.8 Å². The van der Waals surface area contributed by atoms with Crippen LogP contribution in [0.25, 0.3) is 11.1 Å².